The summed E-state index contributed by atoms with van der Waals surface area (Å²) in [6.45, 7) is 4.36. The zero-order valence-corrected chi connectivity index (χ0v) is 35.5. The predicted molar refractivity (Wildman–Crippen MR) is 263 cm³/mol. The van der Waals surface area contributed by atoms with Gasteiger partial charge in [-0.2, -0.15) is 0 Å². The van der Waals surface area contributed by atoms with E-state index in [9.17, 15) is 0 Å². The Morgan fingerprint density at radius 1 is 0.302 bits per heavy atom. The number of aryl methyl sites for hydroxylation is 2. The molecule has 2 aliphatic carbocycles. The summed E-state index contributed by atoms with van der Waals surface area (Å²) in [6.07, 6.45) is 0. The summed E-state index contributed by atoms with van der Waals surface area (Å²) in [6, 6.07) is 88.7. The average Bonchev–Trinajstić information content (AvgIpc) is 3.81. The molecule has 0 atom stereocenters. The van der Waals surface area contributed by atoms with Gasteiger partial charge in [-0.3, -0.25) is 0 Å². The molecule has 0 aliphatic heterocycles. The van der Waals surface area contributed by atoms with Crippen LogP contribution in [0.15, 0.2) is 237 Å². The highest BCUT2D eigenvalue weighted by atomic mass is 15.1. The molecule has 0 saturated carbocycles. The van der Waals surface area contributed by atoms with Gasteiger partial charge in [0, 0.05) is 17.1 Å². The Morgan fingerprint density at radius 2 is 0.762 bits per heavy atom. The van der Waals surface area contributed by atoms with Gasteiger partial charge in [0.25, 0.3) is 0 Å². The normalized spacial score (nSPS) is 13.8. The van der Waals surface area contributed by atoms with Gasteiger partial charge in [-0.1, -0.05) is 211 Å². The van der Waals surface area contributed by atoms with Crippen molar-refractivity contribution in [3.8, 4) is 22.3 Å². The summed E-state index contributed by atoms with van der Waals surface area (Å²) in [4.78, 5) is 2.47. The topological polar surface area (TPSA) is 3.24 Å². The Balaban J connectivity index is 1.15. The first-order valence-corrected chi connectivity index (χ1v) is 22.1. The van der Waals surface area contributed by atoms with E-state index in [-0.39, 0.29) is 0 Å². The third kappa shape index (κ3) is 5.43. The summed E-state index contributed by atoms with van der Waals surface area (Å²) in [5.74, 6) is 0. The first kappa shape index (κ1) is 37.1. The van der Waals surface area contributed by atoms with Crippen molar-refractivity contribution < 1.29 is 0 Å². The molecule has 10 aromatic rings. The minimum atomic E-state index is -0.566. The van der Waals surface area contributed by atoms with Gasteiger partial charge in [0.05, 0.1) is 10.8 Å². The number of hydrogen-bond donors (Lipinski definition) is 0. The molecule has 0 heterocycles. The maximum absolute atomic E-state index is 2.50. The van der Waals surface area contributed by atoms with Crippen LogP contribution in [-0.4, -0.2) is 0 Å². The molecular weight excluding hydrogens is 759 g/mol. The Labute approximate surface area is 370 Å². The average molecular weight is 804 g/mol. The second kappa shape index (κ2) is 14.4. The first-order chi connectivity index (χ1) is 31.1. The third-order valence-corrected chi connectivity index (χ3v) is 14.0. The molecule has 1 nitrogen and oxygen atoms in total. The fraction of sp³-hybridized carbons (Fsp3) is 0.0645. The minimum Gasteiger partial charge on any atom is -0.310 e. The molecule has 0 radical (unpaired) electrons. The van der Waals surface area contributed by atoms with E-state index in [0.717, 1.165) is 17.1 Å². The molecule has 298 valence electrons. The lowest BCUT2D eigenvalue weighted by molar-refractivity contribution is 0.767. The van der Waals surface area contributed by atoms with E-state index in [1.165, 1.54) is 88.7 Å². The predicted octanol–water partition coefficient (Wildman–Crippen LogP) is 15.7. The zero-order chi connectivity index (χ0) is 42.1. The van der Waals surface area contributed by atoms with Crippen molar-refractivity contribution >= 4 is 27.8 Å². The Morgan fingerprint density at radius 3 is 1.38 bits per heavy atom. The second-order valence-corrected chi connectivity index (χ2v) is 17.3. The van der Waals surface area contributed by atoms with E-state index in [4.69, 9.17) is 0 Å². The molecule has 0 N–H and O–H groups in total. The lowest BCUT2D eigenvalue weighted by Gasteiger charge is -2.36. The summed E-state index contributed by atoms with van der Waals surface area (Å²) >= 11 is 0. The van der Waals surface area contributed by atoms with Gasteiger partial charge in [-0.15, -0.1) is 0 Å². The number of rotatable bonds is 7. The lowest BCUT2D eigenvalue weighted by Crippen LogP contribution is -2.29. The molecule has 0 spiro atoms. The maximum atomic E-state index is 2.50. The van der Waals surface area contributed by atoms with Crippen molar-refractivity contribution in [1.29, 1.82) is 0 Å². The number of benzene rings is 10. The van der Waals surface area contributed by atoms with E-state index in [0.29, 0.717) is 0 Å². The Kier molecular flexibility index (Phi) is 8.49. The van der Waals surface area contributed by atoms with Crippen LogP contribution in [0.4, 0.5) is 17.1 Å². The smallest absolute Gasteiger partial charge is 0.0714 e. The molecule has 10 aromatic carbocycles. The Bertz CT molecular complexity index is 3240. The second-order valence-electron chi connectivity index (χ2n) is 17.3. The standard InChI is InChI=1S/C62H45N/c1-42-26-31-47(32-27-42)62(48-33-28-43(2)29-34-48)57-39-30-44-16-12-13-23-52(44)60(57)55-38-36-51(41-59(55)62)63(49-21-10-5-11-22-49)50-35-37-54-53-24-14-15-25-56(53)61(58(54)40-50,45-17-6-3-7-18-45)46-19-8-4-9-20-46/h3-41H,1-2H3. The molecule has 12 rings (SSSR count). The van der Waals surface area contributed by atoms with Gasteiger partial charge in [-0.05, 0) is 128 Å². The van der Waals surface area contributed by atoms with Crippen LogP contribution < -0.4 is 4.90 Å². The van der Waals surface area contributed by atoms with Crippen molar-refractivity contribution in [3.63, 3.8) is 0 Å². The van der Waals surface area contributed by atoms with Gasteiger partial charge in [0.1, 0.15) is 0 Å². The van der Waals surface area contributed by atoms with Crippen LogP contribution in [-0.2, 0) is 10.8 Å². The first-order valence-electron chi connectivity index (χ1n) is 22.1. The number of nitrogens with zero attached hydrogens (tertiary/aromatic N) is 1. The van der Waals surface area contributed by atoms with E-state index in [2.05, 4.69) is 255 Å². The number of hydrogen-bond acceptors (Lipinski definition) is 1. The van der Waals surface area contributed by atoms with Crippen LogP contribution in [0.3, 0.4) is 0 Å². The summed E-state index contributed by atoms with van der Waals surface area (Å²) < 4.78 is 0. The van der Waals surface area contributed by atoms with Gasteiger partial charge >= 0.3 is 0 Å². The number of anilines is 3. The quantitative estimate of drug-likeness (QED) is 0.155. The third-order valence-electron chi connectivity index (χ3n) is 14.0. The molecule has 0 aromatic heterocycles. The fourth-order valence-corrected chi connectivity index (χ4v) is 11.2. The van der Waals surface area contributed by atoms with E-state index in [1.807, 2.05) is 0 Å². The van der Waals surface area contributed by atoms with Crippen molar-refractivity contribution in [3.05, 3.63) is 292 Å². The summed E-state index contributed by atoms with van der Waals surface area (Å²) in [5, 5.41) is 2.53. The van der Waals surface area contributed by atoms with Crippen LogP contribution in [0.2, 0.25) is 0 Å². The molecule has 2 aliphatic rings. The highest BCUT2D eigenvalue weighted by Crippen LogP contribution is 2.60. The largest absolute Gasteiger partial charge is 0.310 e. The van der Waals surface area contributed by atoms with E-state index < -0.39 is 10.8 Å². The molecule has 1 heteroatoms. The van der Waals surface area contributed by atoms with Gasteiger partial charge in [0.2, 0.25) is 0 Å². The van der Waals surface area contributed by atoms with Crippen molar-refractivity contribution in [2.45, 2.75) is 24.7 Å². The van der Waals surface area contributed by atoms with Crippen LogP contribution in [0, 0.1) is 13.8 Å². The summed E-state index contributed by atoms with van der Waals surface area (Å²) in [7, 11) is 0. The number of fused-ring (bicyclic) bond motifs is 8. The van der Waals surface area contributed by atoms with Crippen LogP contribution in [0.1, 0.15) is 55.6 Å². The highest BCUT2D eigenvalue weighted by Gasteiger charge is 2.48. The maximum Gasteiger partial charge on any atom is 0.0714 e. The van der Waals surface area contributed by atoms with Gasteiger partial charge in [0.15, 0.2) is 0 Å². The molecule has 0 unspecified atom stereocenters. The summed E-state index contributed by atoms with van der Waals surface area (Å²) in [5.41, 5.74) is 20.1. The SMILES string of the molecule is Cc1ccc(C2(c3ccc(C)cc3)c3cc(N(c4ccccc4)c4ccc5c(c4)C(c4ccccc4)(c4ccccc4)c4ccccc4-5)ccc3-c3c2ccc2ccccc32)cc1. The minimum absolute atomic E-state index is 0.514. The van der Waals surface area contributed by atoms with Crippen molar-refractivity contribution in [2.24, 2.45) is 0 Å². The molecule has 0 bridgehead atoms. The lowest BCUT2D eigenvalue weighted by atomic mass is 9.67. The van der Waals surface area contributed by atoms with Crippen LogP contribution >= 0.6 is 0 Å². The number of para-hydroxylation sites is 1. The van der Waals surface area contributed by atoms with Gasteiger partial charge < -0.3 is 4.90 Å². The van der Waals surface area contributed by atoms with Crippen molar-refractivity contribution in [1.82, 2.24) is 0 Å². The van der Waals surface area contributed by atoms with E-state index >= 15 is 0 Å². The zero-order valence-electron chi connectivity index (χ0n) is 35.5. The fourth-order valence-electron chi connectivity index (χ4n) is 11.2. The van der Waals surface area contributed by atoms with Gasteiger partial charge in [-0.25, -0.2) is 0 Å². The molecule has 0 saturated heterocycles. The molecule has 0 fully saturated rings. The molecule has 0 amide bonds. The van der Waals surface area contributed by atoms with Crippen LogP contribution in [0.5, 0.6) is 0 Å². The molecule has 63 heavy (non-hydrogen) atoms. The molecular formula is C62H45N. The van der Waals surface area contributed by atoms with Crippen molar-refractivity contribution in [2.75, 3.05) is 4.90 Å². The monoisotopic (exact) mass is 803 g/mol. The highest BCUT2D eigenvalue weighted by molar-refractivity contribution is 6.04. The van der Waals surface area contributed by atoms with Crippen LogP contribution in [0.25, 0.3) is 33.0 Å². The van der Waals surface area contributed by atoms with E-state index in [1.54, 1.807) is 0 Å². The Hall–Kier alpha value is -7.74.